The first-order valence-electron chi connectivity index (χ1n) is 3.97. The molecule has 0 aliphatic rings. The van der Waals surface area contributed by atoms with Crippen LogP contribution in [0.3, 0.4) is 0 Å². The van der Waals surface area contributed by atoms with E-state index in [-0.39, 0.29) is 0 Å². The highest BCUT2D eigenvalue weighted by Gasteiger charge is 2.24. The van der Waals surface area contributed by atoms with Crippen LogP contribution in [0.4, 0.5) is 0 Å². The molecular formula is C7H13N3O3. The molecule has 0 bridgehead atoms. The molecule has 0 fully saturated rings. The largest absolute Gasteiger partial charge is 0.467 e. The van der Waals surface area contributed by atoms with Crippen LogP contribution in [0.25, 0.3) is 10.4 Å². The van der Waals surface area contributed by atoms with Crippen molar-refractivity contribution in [2.75, 3.05) is 7.11 Å². The Morgan fingerprint density at radius 2 is 2.38 bits per heavy atom. The van der Waals surface area contributed by atoms with E-state index in [0.717, 1.165) is 6.42 Å². The second kappa shape index (κ2) is 6.28. The number of methoxy groups -OCH3 is 1. The summed E-state index contributed by atoms with van der Waals surface area (Å²) in [5, 5.41) is 12.6. The third-order valence-electron chi connectivity index (χ3n) is 1.59. The molecule has 0 rings (SSSR count). The maximum atomic E-state index is 10.8. The van der Waals surface area contributed by atoms with Gasteiger partial charge < -0.3 is 9.84 Å². The van der Waals surface area contributed by atoms with Crippen molar-refractivity contribution >= 4 is 5.97 Å². The summed E-state index contributed by atoms with van der Waals surface area (Å²) in [7, 11) is 1.17. The minimum Gasteiger partial charge on any atom is -0.467 e. The summed E-state index contributed by atoms with van der Waals surface area (Å²) >= 11 is 0. The third kappa shape index (κ3) is 3.78. The van der Waals surface area contributed by atoms with Crippen molar-refractivity contribution < 1.29 is 14.6 Å². The van der Waals surface area contributed by atoms with Crippen molar-refractivity contribution in [1.29, 1.82) is 0 Å². The lowest BCUT2D eigenvalue weighted by Crippen LogP contribution is -2.33. The number of aliphatic hydroxyl groups is 1. The third-order valence-corrected chi connectivity index (χ3v) is 1.59. The van der Waals surface area contributed by atoms with E-state index < -0.39 is 18.1 Å². The quantitative estimate of drug-likeness (QED) is 0.301. The van der Waals surface area contributed by atoms with Crippen molar-refractivity contribution in [3.05, 3.63) is 10.4 Å². The minimum absolute atomic E-state index is 0.459. The van der Waals surface area contributed by atoms with Gasteiger partial charge in [0.05, 0.1) is 13.2 Å². The molecule has 6 nitrogen and oxygen atoms in total. The van der Waals surface area contributed by atoms with Gasteiger partial charge in [-0.25, -0.2) is 4.79 Å². The fraction of sp³-hybridized carbons (Fsp3) is 0.857. The molecule has 0 amide bonds. The molecule has 6 heteroatoms. The van der Waals surface area contributed by atoms with Crippen LogP contribution in [0.1, 0.15) is 19.8 Å². The average Bonchev–Trinajstić information content (AvgIpc) is 2.15. The monoisotopic (exact) mass is 187 g/mol. The first-order valence-corrected chi connectivity index (χ1v) is 3.97. The molecule has 0 aliphatic heterocycles. The van der Waals surface area contributed by atoms with Crippen molar-refractivity contribution in [3.63, 3.8) is 0 Å². The van der Waals surface area contributed by atoms with Gasteiger partial charge in [0.1, 0.15) is 0 Å². The molecule has 0 aromatic rings. The Balaban J connectivity index is 4.34. The lowest BCUT2D eigenvalue weighted by Gasteiger charge is -2.14. The van der Waals surface area contributed by atoms with Gasteiger partial charge in [0.2, 0.25) is 0 Å². The topological polar surface area (TPSA) is 95.3 Å². The van der Waals surface area contributed by atoms with Crippen molar-refractivity contribution in [3.8, 4) is 0 Å². The molecule has 0 spiro atoms. The van der Waals surface area contributed by atoms with Crippen LogP contribution < -0.4 is 0 Å². The van der Waals surface area contributed by atoms with E-state index in [1.165, 1.54) is 7.11 Å². The first-order chi connectivity index (χ1) is 6.17. The lowest BCUT2D eigenvalue weighted by atomic mass is 10.1. The molecule has 13 heavy (non-hydrogen) atoms. The van der Waals surface area contributed by atoms with Gasteiger partial charge in [0.25, 0.3) is 0 Å². The van der Waals surface area contributed by atoms with Crippen LogP contribution in [0.15, 0.2) is 5.11 Å². The normalized spacial score (nSPS) is 14.1. The van der Waals surface area contributed by atoms with Gasteiger partial charge >= 0.3 is 5.97 Å². The van der Waals surface area contributed by atoms with Crippen molar-refractivity contribution in [2.45, 2.75) is 31.9 Å². The van der Waals surface area contributed by atoms with Gasteiger partial charge in [-0.2, -0.15) is 0 Å². The highest BCUT2D eigenvalue weighted by molar-refractivity contribution is 5.75. The summed E-state index contributed by atoms with van der Waals surface area (Å²) in [6.45, 7) is 1.86. The second-order valence-electron chi connectivity index (χ2n) is 2.53. The average molecular weight is 187 g/mol. The second-order valence-corrected chi connectivity index (χ2v) is 2.53. The fourth-order valence-electron chi connectivity index (χ4n) is 0.919. The zero-order chi connectivity index (χ0) is 10.3. The molecule has 0 aromatic heterocycles. The number of hydrogen-bond acceptors (Lipinski definition) is 4. The van der Waals surface area contributed by atoms with Gasteiger partial charge in [-0.1, -0.05) is 18.5 Å². The van der Waals surface area contributed by atoms with Crippen LogP contribution in [0, 0.1) is 0 Å². The molecular weight excluding hydrogens is 174 g/mol. The Morgan fingerprint density at radius 1 is 1.77 bits per heavy atom. The Labute approximate surface area is 76.1 Å². The van der Waals surface area contributed by atoms with Gasteiger partial charge in [-0.3, -0.25) is 0 Å². The van der Waals surface area contributed by atoms with E-state index in [4.69, 9.17) is 5.53 Å². The highest BCUT2D eigenvalue weighted by Crippen LogP contribution is 2.08. The number of esters is 1. The highest BCUT2D eigenvalue weighted by atomic mass is 16.5. The Kier molecular flexibility index (Phi) is 5.67. The molecule has 0 radical (unpaired) electrons. The smallest absolute Gasteiger partial charge is 0.335 e. The van der Waals surface area contributed by atoms with Gasteiger partial charge in [-0.15, -0.1) is 0 Å². The standard InChI is InChI=1S/C7H13N3O3/c1-3-4-5(9-10-8)6(11)7(12)13-2/h5-6,11H,3-4H2,1-2H3/t5-,6-/m0/s1. The molecule has 0 heterocycles. The van der Waals surface area contributed by atoms with Crippen LogP contribution in [-0.2, 0) is 9.53 Å². The van der Waals surface area contributed by atoms with Crippen molar-refractivity contribution in [2.24, 2.45) is 5.11 Å². The number of ether oxygens (including phenoxy) is 1. The minimum atomic E-state index is -1.36. The molecule has 1 N–H and O–H groups in total. The van der Waals surface area contributed by atoms with E-state index in [2.05, 4.69) is 14.8 Å². The lowest BCUT2D eigenvalue weighted by molar-refractivity contribution is -0.151. The van der Waals surface area contributed by atoms with Gasteiger partial charge in [0.15, 0.2) is 6.10 Å². The maximum absolute atomic E-state index is 10.8. The summed E-state index contributed by atoms with van der Waals surface area (Å²) < 4.78 is 4.31. The molecule has 0 aliphatic carbocycles. The molecule has 2 atom stereocenters. The van der Waals surface area contributed by atoms with E-state index in [1.807, 2.05) is 6.92 Å². The van der Waals surface area contributed by atoms with E-state index in [0.29, 0.717) is 6.42 Å². The number of azide groups is 1. The van der Waals surface area contributed by atoms with Crippen LogP contribution in [0.5, 0.6) is 0 Å². The molecule has 74 valence electrons. The summed E-state index contributed by atoms with van der Waals surface area (Å²) in [6, 6.07) is -0.734. The number of rotatable bonds is 5. The van der Waals surface area contributed by atoms with E-state index in [9.17, 15) is 9.90 Å². The predicted molar refractivity (Wildman–Crippen MR) is 45.9 cm³/mol. The molecule has 0 unspecified atom stereocenters. The van der Waals surface area contributed by atoms with E-state index >= 15 is 0 Å². The van der Waals surface area contributed by atoms with Gasteiger partial charge in [0, 0.05) is 4.91 Å². The number of carbonyl (C=O) groups is 1. The summed E-state index contributed by atoms with van der Waals surface area (Å²) in [5.74, 6) is -0.772. The van der Waals surface area contributed by atoms with E-state index in [1.54, 1.807) is 0 Å². The van der Waals surface area contributed by atoms with Crippen molar-refractivity contribution in [1.82, 2.24) is 0 Å². The Hall–Kier alpha value is -1.26. The summed E-state index contributed by atoms with van der Waals surface area (Å²) in [4.78, 5) is 13.4. The van der Waals surface area contributed by atoms with Crippen LogP contribution in [-0.4, -0.2) is 30.3 Å². The Bertz CT molecular complexity index is 213. The number of carbonyl (C=O) groups excluding carboxylic acids is 1. The summed E-state index contributed by atoms with van der Waals surface area (Å²) in [5.41, 5.74) is 8.16. The number of nitrogens with zero attached hydrogens (tertiary/aromatic N) is 3. The molecule has 0 aromatic carbocycles. The molecule has 0 saturated heterocycles. The zero-order valence-corrected chi connectivity index (χ0v) is 7.67. The predicted octanol–water partition coefficient (Wildman–Crippen LogP) is 0.999. The maximum Gasteiger partial charge on any atom is 0.335 e. The number of hydrogen-bond donors (Lipinski definition) is 1. The van der Waals surface area contributed by atoms with Gasteiger partial charge in [-0.05, 0) is 12.0 Å². The SMILES string of the molecule is CCC[C@H](N=[N+]=[N-])[C@H](O)C(=O)OC. The zero-order valence-electron chi connectivity index (χ0n) is 7.67. The Morgan fingerprint density at radius 3 is 2.77 bits per heavy atom. The first kappa shape index (κ1) is 11.7. The fourth-order valence-corrected chi connectivity index (χ4v) is 0.919. The van der Waals surface area contributed by atoms with Crippen LogP contribution in [0.2, 0.25) is 0 Å². The van der Waals surface area contributed by atoms with Crippen LogP contribution >= 0.6 is 0 Å². The number of aliphatic hydroxyl groups excluding tert-OH is 1. The summed E-state index contributed by atoms with van der Waals surface area (Å²) in [6.07, 6.45) is -0.182. The molecule has 0 saturated carbocycles.